The molecule has 1 aliphatic heterocycles. The van der Waals surface area contributed by atoms with E-state index >= 15 is 0 Å². The molecule has 39 heavy (non-hydrogen) atoms. The maximum atomic E-state index is 12.7. The van der Waals surface area contributed by atoms with E-state index in [2.05, 4.69) is 52.6 Å². The highest BCUT2D eigenvalue weighted by Gasteiger charge is 2.23. The van der Waals surface area contributed by atoms with Crippen molar-refractivity contribution in [2.75, 3.05) is 25.7 Å². The van der Waals surface area contributed by atoms with Gasteiger partial charge in [0.15, 0.2) is 0 Å². The molecule has 0 saturated heterocycles. The molecule has 0 aliphatic carbocycles. The van der Waals surface area contributed by atoms with Gasteiger partial charge in [0, 0.05) is 54.1 Å². The van der Waals surface area contributed by atoms with Crippen LogP contribution in [0.4, 0.5) is 11.4 Å². The van der Waals surface area contributed by atoms with Crippen LogP contribution in [0.25, 0.3) is 22.0 Å². The number of aryl methyl sites for hydroxylation is 3. The lowest BCUT2D eigenvalue weighted by molar-refractivity contribution is 0.414. The predicted octanol–water partition coefficient (Wildman–Crippen LogP) is 5.86. The molecule has 1 aliphatic rings. The van der Waals surface area contributed by atoms with E-state index in [0.717, 1.165) is 69.7 Å². The Morgan fingerprint density at radius 2 is 1.69 bits per heavy atom. The Morgan fingerprint density at radius 1 is 0.897 bits per heavy atom. The van der Waals surface area contributed by atoms with Crippen LogP contribution in [-0.2, 0) is 20.0 Å². The summed E-state index contributed by atoms with van der Waals surface area (Å²) in [7, 11) is 5.17. The fourth-order valence-electron chi connectivity index (χ4n) is 5.54. The van der Waals surface area contributed by atoms with E-state index in [9.17, 15) is 4.79 Å². The fourth-order valence-corrected chi connectivity index (χ4v) is 5.54. The van der Waals surface area contributed by atoms with Crippen molar-refractivity contribution >= 4 is 22.3 Å². The average molecular weight is 521 g/mol. The van der Waals surface area contributed by atoms with Crippen LogP contribution in [0.5, 0.6) is 11.5 Å². The summed E-state index contributed by atoms with van der Waals surface area (Å²) in [5.41, 5.74) is 8.51. The zero-order valence-electron chi connectivity index (χ0n) is 22.8. The highest BCUT2D eigenvalue weighted by Crippen LogP contribution is 2.41. The first-order valence-electron chi connectivity index (χ1n) is 13.2. The maximum absolute atomic E-state index is 12.7. The van der Waals surface area contributed by atoms with E-state index in [-0.39, 0.29) is 5.56 Å². The number of methoxy groups -OCH3 is 2. The van der Waals surface area contributed by atoms with Gasteiger partial charge in [0.25, 0.3) is 5.56 Å². The molecule has 0 spiro atoms. The van der Waals surface area contributed by atoms with Gasteiger partial charge in [-0.25, -0.2) is 0 Å². The molecule has 0 amide bonds. The number of benzene rings is 3. The van der Waals surface area contributed by atoms with Crippen LogP contribution in [0.3, 0.4) is 0 Å². The molecule has 3 aromatic carbocycles. The third kappa shape index (κ3) is 4.54. The number of nitrogens with zero attached hydrogens (tertiary/aromatic N) is 4. The Morgan fingerprint density at radius 3 is 2.46 bits per heavy atom. The van der Waals surface area contributed by atoms with E-state index in [1.807, 2.05) is 49.1 Å². The number of ether oxygens (including phenoxy) is 2. The first kappa shape index (κ1) is 24.8. The summed E-state index contributed by atoms with van der Waals surface area (Å²) in [5, 5.41) is 5.68. The Kier molecular flexibility index (Phi) is 6.35. The maximum Gasteiger partial charge on any atom is 0.253 e. The van der Waals surface area contributed by atoms with E-state index < -0.39 is 0 Å². The molecule has 198 valence electrons. The number of rotatable bonds is 6. The van der Waals surface area contributed by atoms with Gasteiger partial charge in [-0.05, 0) is 60.7 Å². The minimum atomic E-state index is 0.00897. The SMILES string of the molecule is COc1ccc(Cn2cc(-c3ccc4c(c3)N(c3cc(OC)cc5c3cc(C)c(=O)n5C)CCC4)cn2)cc1. The molecule has 3 heterocycles. The van der Waals surface area contributed by atoms with E-state index in [0.29, 0.717) is 6.54 Å². The molecule has 0 unspecified atom stereocenters. The number of fused-ring (bicyclic) bond motifs is 2. The molecule has 7 heteroatoms. The van der Waals surface area contributed by atoms with E-state index in [1.165, 1.54) is 11.3 Å². The summed E-state index contributed by atoms with van der Waals surface area (Å²) in [6, 6.07) is 20.8. The molecule has 5 aromatic rings. The Balaban J connectivity index is 1.39. The van der Waals surface area contributed by atoms with Crippen LogP contribution in [0.2, 0.25) is 0 Å². The highest BCUT2D eigenvalue weighted by molar-refractivity contribution is 5.96. The van der Waals surface area contributed by atoms with Gasteiger partial charge in [-0.2, -0.15) is 5.10 Å². The molecule has 2 aromatic heterocycles. The minimum Gasteiger partial charge on any atom is -0.497 e. The van der Waals surface area contributed by atoms with Crippen LogP contribution in [0.15, 0.2) is 77.9 Å². The van der Waals surface area contributed by atoms with Gasteiger partial charge in [0.05, 0.1) is 38.2 Å². The van der Waals surface area contributed by atoms with Gasteiger partial charge in [0.2, 0.25) is 0 Å². The second-order valence-electron chi connectivity index (χ2n) is 10.1. The largest absolute Gasteiger partial charge is 0.497 e. The molecule has 0 N–H and O–H groups in total. The predicted molar refractivity (Wildman–Crippen MR) is 156 cm³/mol. The van der Waals surface area contributed by atoms with E-state index in [4.69, 9.17) is 9.47 Å². The summed E-state index contributed by atoms with van der Waals surface area (Å²) >= 11 is 0. The van der Waals surface area contributed by atoms with Gasteiger partial charge in [-0.1, -0.05) is 24.3 Å². The van der Waals surface area contributed by atoms with Crippen molar-refractivity contribution in [1.82, 2.24) is 14.3 Å². The van der Waals surface area contributed by atoms with Gasteiger partial charge >= 0.3 is 0 Å². The summed E-state index contributed by atoms with van der Waals surface area (Å²) in [5.74, 6) is 1.58. The van der Waals surface area contributed by atoms with Crippen molar-refractivity contribution in [2.24, 2.45) is 7.05 Å². The standard InChI is InChI=1S/C32H32N4O3/c1-21-14-28-30(34(2)32(21)37)16-27(39-4)17-31(28)36-13-5-6-23-9-10-24(15-29(23)36)25-18-33-35(20-25)19-22-7-11-26(38-3)12-8-22/h7-12,14-18,20H,5-6,13,19H2,1-4H3. The molecular formula is C32H32N4O3. The fraction of sp³-hybridized carbons (Fsp3) is 0.250. The molecule has 7 nitrogen and oxygen atoms in total. The Hall–Kier alpha value is -4.52. The summed E-state index contributed by atoms with van der Waals surface area (Å²) < 4.78 is 14.6. The quantitative estimate of drug-likeness (QED) is 0.281. The third-order valence-corrected chi connectivity index (χ3v) is 7.67. The monoisotopic (exact) mass is 520 g/mol. The van der Waals surface area contributed by atoms with Crippen LogP contribution >= 0.6 is 0 Å². The van der Waals surface area contributed by atoms with Crippen molar-refractivity contribution < 1.29 is 9.47 Å². The van der Waals surface area contributed by atoms with Gasteiger partial charge in [0.1, 0.15) is 11.5 Å². The van der Waals surface area contributed by atoms with Crippen LogP contribution in [0.1, 0.15) is 23.1 Å². The number of anilines is 2. The average Bonchev–Trinajstić information content (AvgIpc) is 3.44. The third-order valence-electron chi connectivity index (χ3n) is 7.67. The topological polar surface area (TPSA) is 61.5 Å². The highest BCUT2D eigenvalue weighted by atomic mass is 16.5. The summed E-state index contributed by atoms with van der Waals surface area (Å²) in [6.45, 7) is 3.45. The van der Waals surface area contributed by atoms with Crippen LogP contribution in [0, 0.1) is 6.92 Å². The molecule has 0 saturated carbocycles. The lowest BCUT2D eigenvalue weighted by Gasteiger charge is -2.33. The van der Waals surface area contributed by atoms with Crippen LogP contribution in [-0.4, -0.2) is 35.1 Å². The lowest BCUT2D eigenvalue weighted by Crippen LogP contribution is -2.26. The van der Waals surface area contributed by atoms with E-state index in [1.54, 1.807) is 18.8 Å². The number of hydrogen-bond acceptors (Lipinski definition) is 5. The zero-order chi connectivity index (χ0) is 27.1. The molecule has 0 bridgehead atoms. The molecule has 0 fully saturated rings. The van der Waals surface area contributed by atoms with Crippen molar-refractivity contribution in [1.29, 1.82) is 0 Å². The number of hydrogen-bond donors (Lipinski definition) is 0. The Bertz CT molecular complexity index is 1730. The number of pyridine rings is 1. The van der Waals surface area contributed by atoms with Crippen LogP contribution < -0.4 is 19.9 Å². The summed E-state index contributed by atoms with van der Waals surface area (Å²) in [4.78, 5) is 15.1. The second kappa shape index (κ2) is 9.98. The molecule has 6 rings (SSSR count). The zero-order valence-corrected chi connectivity index (χ0v) is 22.8. The van der Waals surface area contributed by atoms with Gasteiger partial charge in [-0.15, -0.1) is 0 Å². The molecular weight excluding hydrogens is 488 g/mol. The minimum absolute atomic E-state index is 0.00897. The first-order chi connectivity index (χ1) is 18.9. The first-order valence-corrected chi connectivity index (χ1v) is 13.2. The summed E-state index contributed by atoms with van der Waals surface area (Å²) in [6.07, 6.45) is 6.11. The van der Waals surface area contributed by atoms with Crippen molar-refractivity contribution in [3.63, 3.8) is 0 Å². The second-order valence-corrected chi connectivity index (χ2v) is 10.1. The molecule has 0 atom stereocenters. The Labute approximate surface area is 227 Å². The lowest BCUT2D eigenvalue weighted by atomic mass is 9.96. The van der Waals surface area contributed by atoms with Crippen molar-refractivity contribution in [2.45, 2.75) is 26.3 Å². The smallest absolute Gasteiger partial charge is 0.253 e. The molecule has 0 radical (unpaired) electrons. The van der Waals surface area contributed by atoms with Crippen molar-refractivity contribution in [3.8, 4) is 22.6 Å². The van der Waals surface area contributed by atoms with Crippen molar-refractivity contribution in [3.05, 3.63) is 100 Å². The number of aromatic nitrogens is 3. The normalized spacial score (nSPS) is 13.0. The van der Waals surface area contributed by atoms with Gasteiger partial charge in [-0.3, -0.25) is 9.48 Å². The van der Waals surface area contributed by atoms with Gasteiger partial charge < -0.3 is 18.9 Å².